The van der Waals surface area contributed by atoms with Gasteiger partial charge < -0.3 is 29.2 Å². The molecule has 0 aromatic heterocycles. The highest BCUT2D eigenvalue weighted by Crippen LogP contribution is 2.40. The van der Waals surface area contributed by atoms with Crippen molar-refractivity contribution in [2.45, 2.75) is 298 Å². The molecule has 1 aromatic rings. The van der Waals surface area contributed by atoms with Gasteiger partial charge in [-0.05, 0) is 40.5 Å². The van der Waals surface area contributed by atoms with Gasteiger partial charge in [0.05, 0.1) is 37.8 Å². The maximum atomic E-state index is 12.7. The summed E-state index contributed by atoms with van der Waals surface area (Å²) in [6, 6.07) is 3.42. The Bertz CT molecular complexity index is 1520. The van der Waals surface area contributed by atoms with E-state index in [1.165, 1.54) is 245 Å². The third kappa shape index (κ3) is 37.8. The van der Waals surface area contributed by atoms with Crippen LogP contribution in [0.15, 0.2) is 44.8 Å². The van der Waals surface area contributed by atoms with Gasteiger partial charge in [-0.15, -0.1) is 0 Å². The van der Waals surface area contributed by atoms with Crippen molar-refractivity contribution in [1.82, 2.24) is 0 Å². The monoisotopic (exact) mass is 1040 g/mol. The Morgan fingerprint density at radius 2 is 0.595 bits per heavy atom. The van der Waals surface area contributed by atoms with Gasteiger partial charge in [-0.3, -0.25) is 9.98 Å². The highest BCUT2D eigenvalue weighted by atomic mass is 16.5. The van der Waals surface area contributed by atoms with Crippen LogP contribution >= 0.6 is 0 Å². The van der Waals surface area contributed by atoms with Crippen molar-refractivity contribution >= 4 is 35.7 Å². The number of ether oxygens (including phenoxy) is 4. The zero-order valence-electron chi connectivity index (χ0n) is 48.7. The molecule has 0 fully saturated rings. The molecule has 0 aliphatic rings. The lowest BCUT2D eigenvalue weighted by Crippen LogP contribution is -2.11. The Balaban J connectivity index is 2.79. The van der Waals surface area contributed by atoms with Crippen molar-refractivity contribution < 1.29 is 38.7 Å². The van der Waals surface area contributed by atoms with Crippen LogP contribution < -0.4 is 9.47 Å². The predicted octanol–water partition coefficient (Wildman–Crippen LogP) is 20.3. The second kappa shape index (κ2) is 50.0. The Hall–Kier alpha value is -3.82. The molecule has 0 saturated carbocycles. The fraction of sp³-hybridized carbons (Fsp3) is 0.781. The number of benzene rings is 1. The van der Waals surface area contributed by atoms with Crippen molar-refractivity contribution in [2.24, 2.45) is 9.98 Å². The Kier molecular flexibility index (Phi) is 46.1. The SMILES string of the molecule is CCCCCCCCCCCCCCCCCCCCCCOc1cc(N=C/C(C(=O)OCC)=C(\C)O)c(N=C/C(C(=O)OCC)=C(/C)O)cc1OCCCCCCCCCCCCCCCCCCCCCC. The van der Waals surface area contributed by atoms with Crippen molar-refractivity contribution in [3.63, 3.8) is 0 Å². The summed E-state index contributed by atoms with van der Waals surface area (Å²) in [4.78, 5) is 34.6. The van der Waals surface area contributed by atoms with E-state index in [-0.39, 0.29) is 35.9 Å². The fourth-order valence-corrected chi connectivity index (χ4v) is 9.32. The summed E-state index contributed by atoms with van der Waals surface area (Å²) in [5.74, 6) is -0.933. The van der Waals surface area contributed by atoms with Crippen molar-refractivity contribution in [1.29, 1.82) is 0 Å². The number of aliphatic hydroxyl groups is 2. The van der Waals surface area contributed by atoms with E-state index in [1.54, 1.807) is 26.0 Å². The summed E-state index contributed by atoms with van der Waals surface area (Å²) in [6.07, 6.45) is 55.4. The minimum Gasteiger partial charge on any atom is -0.512 e. The number of allylic oxidation sites excluding steroid dienone is 2. The number of rotatable bonds is 52. The van der Waals surface area contributed by atoms with E-state index in [1.807, 2.05) is 0 Å². The topological polar surface area (TPSA) is 136 Å². The van der Waals surface area contributed by atoms with E-state index in [4.69, 9.17) is 18.9 Å². The van der Waals surface area contributed by atoms with Crippen LogP contribution in [0.3, 0.4) is 0 Å². The molecular weight excluding hydrogens is 925 g/mol. The number of unbranched alkanes of at least 4 members (excludes halogenated alkanes) is 38. The highest BCUT2D eigenvalue weighted by Gasteiger charge is 2.17. The molecule has 1 aromatic carbocycles. The van der Waals surface area contributed by atoms with Crippen LogP contribution in [0.4, 0.5) is 11.4 Å². The molecule has 0 atom stereocenters. The Labute approximate surface area is 453 Å². The van der Waals surface area contributed by atoms with E-state index >= 15 is 0 Å². The first-order valence-corrected chi connectivity index (χ1v) is 30.9. The molecule has 0 heterocycles. The molecule has 2 N–H and O–H groups in total. The first-order valence-electron chi connectivity index (χ1n) is 30.9. The van der Waals surface area contributed by atoms with Gasteiger partial charge in [0.2, 0.25) is 0 Å². The van der Waals surface area contributed by atoms with Gasteiger partial charge >= 0.3 is 11.9 Å². The average molecular weight is 1040 g/mol. The molecule has 74 heavy (non-hydrogen) atoms. The molecule has 1 rings (SSSR count). The lowest BCUT2D eigenvalue weighted by molar-refractivity contribution is -0.139. The summed E-state index contributed by atoms with van der Waals surface area (Å²) >= 11 is 0. The maximum Gasteiger partial charge on any atom is 0.343 e. The molecule has 0 bridgehead atoms. The normalized spacial score (nSPS) is 12.4. The summed E-state index contributed by atoms with van der Waals surface area (Å²) < 4.78 is 23.1. The molecule has 0 radical (unpaired) electrons. The van der Waals surface area contributed by atoms with Crippen LogP contribution in [0.2, 0.25) is 0 Å². The van der Waals surface area contributed by atoms with Gasteiger partial charge in [0.1, 0.15) is 22.7 Å². The quantitative estimate of drug-likeness (QED) is 0.0216. The summed E-state index contributed by atoms with van der Waals surface area (Å²) in [6.45, 7) is 12.0. The van der Waals surface area contributed by atoms with Crippen LogP contribution in [0.5, 0.6) is 11.5 Å². The number of aliphatic imine (C=N–C) groups is 2. The molecule has 426 valence electrons. The molecule has 0 aliphatic carbocycles. The fourth-order valence-electron chi connectivity index (χ4n) is 9.32. The minimum atomic E-state index is -0.712. The summed E-state index contributed by atoms with van der Waals surface area (Å²) in [7, 11) is 0. The first kappa shape index (κ1) is 68.2. The number of esters is 2. The van der Waals surface area contributed by atoms with E-state index in [0.29, 0.717) is 36.1 Å². The lowest BCUT2D eigenvalue weighted by atomic mass is 10.0. The van der Waals surface area contributed by atoms with E-state index in [2.05, 4.69) is 23.8 Å². The van der Waals surface area contributed by atoms with Crippen molar-refractivity contribution in [2.75, 3.05) is 26.4 Å². The number of carbonyl (C=O) groups excluding carboxylic acids is 2. The number of hydrogen-bond acceptors (Lipinski definition) is 10. The Morgan fingerprint density at radius 3 is 0.797 bits per heavy atom. The highest BCUT2D eigenvalue weighted by molar-refractivity contribution is 6.11. The van der Waals surface area contributed by atoms with E-state index in [9.17, 15) is 19.8 Å². The zero-order valence-corrected chi connectivity index (χ0v) is 48.7. The first-order chi connectivity index (χ1) is 36.2. The molecular formula is C64H112N2O8. The van der Waals surface area contributed by atoms with Gasteiger partial charge in [0.25, 0.3) is 0 Å². The lowest BCUT2D eigenvalue weighted by Gasteiger charge is -2.15. The molecule has 0 amide bonds. The van der Waals surface area contributed by atoms with Gasteiger partial charge in [0.15, 0.2) is 11.5 Å². The van der Waals surface area contributed by atoms with Crippen molar-refractivity contribution in [3.8, 4) is 11.5 Å². The average Bonchev–Trinajstić information content (AvgIpc) is 3.38. The van der Waals surface area contributed by atoms with E-state index in [0.717, 1.165) is 38.5 Å². The molecule has 10 nitrogen and oxygen atoms in total. The molecule has 0 saturated heterocycles. The molecule has 0 unspecified atom stereocenters. The van der Waals surface area contributed by atoms with Gasteiger partial charge in [-0.25, -0.2) is 9.59 Å². The van der Waals surface area contributed by atoms with Gasteiger partial charge in [-0.1, -0.05) is 258 Å². The predicted molar refractivity (Wildman–Crippen MR) is 314 cm³/mol. The number of hydrogen-bond donors (Lipinski definition) is 2. The van der Waals surface area contributed by atoms with Crippen LogP contribution in [0.25, 0.3) is 0 Å². The minimum absolute atomic E-state index is 0.105. The third-order valence-electron chi connectivity index (χ3n) is 14.0. The van der Waals surface area contributed by atoms with Crippen molar-refractivity contribution in [3.05, 3.63) is 34.8 Å². The van der Waals surface area contributed by atoms with Crippen LogP contribution in [-0.4, -0.2) is 61.0 Å². The molecule has 10 heteroatoms. The number of aliphatic hydroxyl groups excluding tert-OH is 2. The standard InChI is InChI=1S/C64H112N2O8/c1-7-11-13-15-17-19-21-23-25-27-29-31-33-35-37-39-41-43-45-47-49-73-61-51-59(65-53-57(55(5)67)63(69)71-9-3)60(66-54-58(56(6)68)64(70)72-10-4)52-62(61)74-50-48-46-44-42-40-38-36-34-32-30-28-26-24-22-20-18-16-14-12-8-2/h51-54,67-68H,7-50H2,1-6H3/b57-55-,58-56+,65-53?,66-54?. The summed E-state index contributed by atoms with van der Waals surface area (Å²) in [5, 5.41) is 20.7. The van der Waals surface area contributed by atoms with Crippen LogP contribution in [0, 0.1) is 0 Å². The smallest absolute Gasteiger partial charge is 0.343 e. The number of nitrogens with zero attached hydrogens (tertiary/aromatic N) is 2. The third-order valence-corrected chi connectivity index (χ3v) is 14.0. The molecule has 0 spiro atoms. The molecule has 0 aliphatic heterocycles. The largest absolute Gasteiger partial charge is 0.512 e. The number of carbonyl (C=O) groups is 2. The zero-order chi connectivity index (χ0) is 54.0. The maximum absolute atomic E-state index is 12.7. The second-order valence-electron chi connectivity index (χ2n) is 20.9. The van der Waals surface area contributed by atoms with E-state index < -0.39 is 11.9 Å². The second-order valence-corrected chi connectivity index (χ2v) is 20.9. The van der Waals surface area contributed by atoms with Gasteiger partial charge in [0, 0.05) is 24.6 Å². The van der Waals surface area contributed by atoms with Crippen LogP contribution in [0.1, 0.15) is 298 Å². The summed E-state index contributed by atoms with van der Waals surface area (Å²) in [5.41, 5.74) is 0.388. The van der Waals surface area contributed by atoms with Crippen LogP contribution in [-0.2, 0) is 19.1 Å². The van der Waals surface area contributed by atoms with Gasteiger partial charge in [-0.2, -0.15) is 0 Å². The Morgan fingerprint density at radius 1 is 0.378 bits per heavy atom.